The average Bonchev–Trinajstić information content (AvgIpc) is 2.75. The summed E-state index contributed by atoms with van der Waals surface area (Å²) >= 11 is 0. The first kappa shape index (κ1) is 20.1. The molecule has 4 nitrogen and oxygen atoms in total. The van der Waals surface area contributed by atoms with E-state index in [9.17, 15) is 9.59 Å². The van der Waals surface area contributed by atoms with Crippen LogP contribution in [0.4, 0.5) is 0 Å². The van der Waals surface area contributed by atoms with Gasteiger partial charge in [-0.25, -0.2) is 0 Å². The molecule has 4 heteroatoms. The Hall–Kier alpha value is -2.62. The zero-order chi connectivity index (χ0) is 20.0. The van der Waals surface area contributed by atoms with Gasteiger partial charge in [0, 0.05) is 33.1 Å². The van der Waals surface area contributed by atoms with E-state index in [4.69, 9.17) is 0 Å². The number of amides is 2. The summed E-state index contributed by atoms with van der Waals surface area (Å²) in [4.78, 5) is 29.4. The molecule has 0 aliphatic carbocycles. The lowest BCUT2D eigenvalue weighted by molar-refractivity contribution is -0.142. The molecular formula is C24H30N2O2. The number of hydrogen-bond donors (Lipinski definition) is 0. The first-order valence-electron chi connectivity index (χ1n) is 10.2. The fourth-order valence-corrected chi connectivity index (χ4v) is 4.20. The highest BCUT2D eigenvalue weighted by Crippen LogP contribution is 2.37. The minimum Gasteiger partial charge on any atom is -0.343 e. The zero-order valence-corrected chi connectivity index (χ0v) is 16.9. The molecule has 2 aromatic carbocycles. The fourth-order valence-electron chi connectivity index (χ4n) is 4.20. The van der Waals surface area contributed by atoms with Gasteiger partial charge < -0.3 is 9.80 Å². The molecule has 1 fully saturated rings. The highest BCUT2D eigenvalue weighted by molar-refractivity contribution is 5.89. The van der Waals surface area contributed by atoms with Crippen molar-refractivity contribution in [1.82, 2.24) is 9.80 Å². The van der Waals surface area contributed by atoms with Crippen LogP contribution >= 0.6 is 0 Å². The lowest BCUT2D eigenvalue weighted by Gasteiger charge is -2.43. The number of likely N-dealkylation sites (tertiary alicyclic amines) is 1. The van der Waals surface area contributed by atoms with Crippen molar-refractivity contribution in [3.8, 4) is 0 Å². The van der Waals surface area contributed by atoms with Gasteiger partial charge in [0.1, 0.15) is 0 Å². The number of benzene rings is 2. The molecule has 1 aliphatic heterocycles. The highest BCUT2D eigenvalue weighted by atomic mass is 16.2. The average molecular weight is 379 g/mol. The topological polar surface area (TPSA) is 40.6 Å². The van der Waals surface area contributed by atoms with Gasteiger partial charge in [-0.05, 0) is 37.3 Å². The Morgan fingerprint density at radius 1 is 0.964 bits per heavy atom. The van der Waals surface area contributed by atoms with Crippen molar-refractivity contribution >= 4 is 11.8 Å². The molecule has 0 atom stereocenters. The monoisotopic (exact) mass is 378 g/mol. The Balaban J connectivity index is 1.82. The minimum atomic E-state index is -0.542. The van der Waals surface area contributed by atoms with E-state index >= 15 is 0 Å². The molecule has 0 N–H and O–H groups in total. The largest absolute Gasteiger partial charge is 0.343 e. The van der Waals surface area contributed by atoms with Gasteiger partial charge in [0.25, 0.3) is 0 Å². The number of carbonyl (C=O) groups excluding carboxylic acids is 2. The summed E-state index contributed by atoms with van der Waals surface area (Å²) in [7, 11) is 0. The normalized spacial score (nSPS) is 15.9. The van der Waals surface area contributed by atoms with Crippen LogP contribution in [-0.2, 0) is 21.4 Å². The maximum Gasteiger partial charge on any atom is 0.233 e. The molecule has 0 radical (unpaired) electrons. The zero-order valence-electron chi connectivity index (χ0n) is 16.9. The smallest absolute Gasteiger partial charge is 0.233 e. The van der Waals surface area contributed by atoms with E-state index in [1.165, 1.54) is 5.56 Å². The van der Waals surface area contributed by atoms with E-state index in [0.717, 1.165) is 12.0 Å². The summed E-state index contributed by atoms with van der Waals surface area (Å²) in [5.74, 6) is 0.283. The van der Waals surface area contributed by atoms with E-state index in [2.05, 4.69) is 24.3 Å². The lowest BCUT2D eigenvalue weighted by Crippen LogP contribution is -2.54. The molecule has 1 heterocycles. The van der Waals surface area contributed by atoms with E-state index in [1.54, 1.807) is 6.92 Å². The first-order chi connectivity index (χ1) is 13.6. The maximum absolute atomic E-state index is 13.8. The molecule has 3 rings (SSSR count). The van der Waals surface area contributed by atoms with Gasteiger partial charge in [0.2, 0.25) is 11.8 Å². The Bertz CT molecular complexity index is 781. The van der Waals surface area contributed by atoms with Crippen molar-refractivity contribution in [3.05, 3.63) is 71.8 Å². The highest BCUT2D eigenvalue weighted by Gasteiger charge is 2.45. The lowest BCUT2D eigenvalue weighted by atomic mass is 9.71. The molecule has 1 aliphatic rings. The second-order valence-electron chi connectivity index (χ2n) is 7.57. The molecular weight excluding hydrogens is 348 g/mol. The van der Waals surface area contributed by atoms with Gasteiger partial charge in [-0.1, -0.05) is 60.7 Å². The van der Waals surface area contributed by atoms with Crippen LogP contribution in [0.5, 0.6) is 0 Å². The maximum atomic E-state index is 13.8. The molecule has 0 bridgehead atoms. The molecule has 0 saturated carbocycles. The second-order valence-corrected chi connectivity index (χ2v) is 7.57. The number of likely N-dealkylation sites (N-methyl/N-ethyl adjacent to an activating group) is 1. The number of hydrogen-bond acceptors (Lipinski definition) is 2. The molecule has 0 aromatic heterocycles. The summed E-state index contributed by atoms with van der Waals surface area (Å²) in [6.07, 6.45) is 2.21. The van der Waals surface area contributed by atoms with Crippen molar-refractivity contribution in [3.63, 3.8) is 0 Å². The molecule has 148 valence electrons. The summed E-state index contributed by atoms with van der Waals surface area (Å²) in [5.41, 5.74) is 1.77. The summed E-state index contributed by atoms with van der Waals surface area (Å²) in [5, 5.41) is 0. The van der Waals surface area contributed by atoms with Gasteiger partial charge in [-0.3, -0.25) is 9.59 Å². The van der Waals surface area contributed by atoms with Crippen LogP contribution in [-0.4, -0.2) is 47.8 Å². The molecule has 0 spiro atoms. The Morgan fingerprint density at radius 3 is 2.07 bits per heavy atom. The number of piperidine rings is 1. The quantitative estimate of drug-likeness (QED) is 0.770. The van der Waals surface area contributed by atoms with Crippen molar-refractivity contribution in [2.75, 3.05) is 26.2 Å². The summed E-state index contributed by atoms with van der Waals surface area (Å²) in [6.45, 7) is 6.32. The minimum absolute atomic E-state index is 0.0885. The van der Waals surface area contributed by atoms with E-state index in [0.29, 0.717) is 39.0 Å². The van der Waals surface area contributed by atoms with Crippen molar-refractivity contribution in [2.24, 2.45) is 0 Å². The molecule has 2 amide bonds. The van der Waals surface area contributed by atoms with Gasteiger partial charge in [-0.15, -0.1) is 0 Å². The van der Waals surface area contributed by atoms with Crippen molar-refractivity contribution < 1.29 is 9.59 Å². The third-order valence-electron chi connectivity index (χ3n) is 5.98. The Kier molecular flexibility index (Phi) is 6.50. The molecule has 28 heavy (non-hydrogen) atoms. The van der Waals surface area contributed by atoms with Crippen LogP contribution in [0.2, 0.25) is 0 Å². The SMILES string of the molecule is CCN(CCc1ccccc1)C(=O)C1(c2ccccc2)CCN(C(C)=O)CC1. The molecule has 2 aromatic rings. The molecule has 1 saturated heterocycles. The van der Waals surface area contributed by atoms with Crippen LogP contribution in [0.1, 0.15) is 37.8 Å². The Labute approximate surface area is 168 Å². The predicted molar refractivity (Wildman–Crippen MR) is 112 cm³/mol. The van der Waals surface area contributed by atoms with Gasteiger partial charge in [0.05, 0.1) is 5.41 Å². The first-order valence-corrected chi connectivity index (χ1v) is 10.2. The van der Waals surface area contributed by atoms with E-state index in [-0.39, 0.29) is 11.8 Å². The third-order valence-corrected chi connectivity index (χ3v) is 5.98. The molecule has 0 unspecified atom stereocenters. The van der Waals surface area contributed by atoms with Crippen molar-refractivity contribution in [2.45, 2.75) is 38.5 Å². The third kappa shape index (κ3) is 4.27. The standard InChI is InChI=1S/C24H30N2O2/c1-3-25(17-14-21-10-6-4-7-11-21)23(28)24(22-12-8-5-9-13-22)15-18-26(19-16-24)20(2)27/h4-13H,3,14-19H2,1-2H3. The Morgan fingerprint density at radius 2 is 1.54 bits per heavy atom. The summed E-state index contributed by atoms with van der Waals surface area (Å²) < 4.78 is 0. The fraction of sp³-hybridized carbons (Fsp3) is 0.417. The van der Waals surface area contributed by atoms with Crippen LogP contribution in [0, 0.1) is 0 Å². The van der Waals surface area contributed by atoms with Crippen LogP contribution in [0.3, 0.4) is 0 Å². The second kappa shape index (κ2) is 9.05. The summed E-state index contributed by atoms with van der Waals surface area (Å²) in [6, 6.07) is 20.4. The number of rotatable bonds is 6. The predicted octanol–water partition coefficient (Wildman–Crippen LogP) is 3.66. The van der Waals surface area contributed by atoms with Crippen molar-refractivity contribution in [1.29, 1.82) is 0 Å². The van der Waals surface area contributed by atoms with E-state index < -0.39 is 5.41 Å². The van der Waals surface area contributed by atoms with Crippen LogP contribution in [0.15, 0.2) is 60.7 Å². The van der Waals surface area contributed by atoms with Gasteiger partial charge in [0.15, 0.2) is 0 Å². The number of carbonyl (C=O) groups is 2. The van der Waals surface area contributed by atoms with Crippen LogP contribution < -0.4 is 0 Å². The van der Waals surface area contributed by atoms with Gasteiger partial charge in [-0.2, -0.15) is 0 Å². The van der Waals surface area contributed by atoms with Crippen LogP contribution in [0.25, 0.3) is 0 Å². The number of nitrogens with zero attached hydrogens (tertiary/aromatic N) is 2. The van der Waals surface area contributed by atoms with E-state index in [1.807, 2.05) is 53.1 Å². The van der Waals surface area contributed by atoms with Gasteiger partial charge >= 0.3 is 0 Å².